The summed E-state index contributed by atoms with van der Waals surface area (Å²) in [5.74, 6) is 0.675. The zero-order valence-electron chi connectivity index (χ0n) is 18.2. The van der Waals surface area contributed by atoms with Crippen molar-refractivity contribution in [3.05, 3.63) is 76.1 Å². The molecule has 1 saturated heterocycles. The smallest absolute Gasteiger partial charge is 0.255 e. The van der Waals surface area contributed by atoms with Crippen molar-refractivity contribution in [2.75, 3.05) is 25.0 Å². The summed E-state index contributed by atoms with van der Waals surface area (Å²) in [6.07, 6.45) is 2.59. The van der Waals surface area contributed by atoms with Gasteiger partial charge in [0.25, 0.3) is 11.5 Å². The maximum atomic E-state index is 14.2. The van der Waals surface area contributed by atoms with Gasteiger partial charge in [-0.05, 0) is 25.1 Å². The Balaban J connectivity index is 1.34. The van der Waals surface area contributed by atoms with Crippen LogP contribution >= 0.6 is 0 Å². The minimum atomic E-state index is -0.518. The van der Waals surface area contributed by atoms with Crippen LogP contribution in [0.1, 0.15) is 15.9 Å². The van der Waals surface area contributed by atoms with Crippen LogP contribution in [-0.4, -0.2) is 51.5 Å². The van der Waals surface area contributed by atoms with E-state index in [-0.39, 0.29) is 28.8 Å². The van der Waals surface area contributed by atoms with Crippen molar-refractivity contribution < 1.29 is 9.18 Å². The highest BCUT2D eigenvalue weighted by Crippen LogP contribution is 2.49. The number of benzene rings is 1. The van der Waals surface area contributed by atoms with Crippen molar-refractivity contribution >= 4 is 11.9 Å². The molecule has 1 amide bonds. The first kappa shape index (κ1) is 20.4. The standard InChI is InChI=1S/C24H24FN5O2/c1-14-4-6-15(7-5-14)23(32)30-12-17-18(13-30)22(17)29(3)24-27-20(10-21(31)28(24)2)16-8-9-26-11-19(16)25/h4-11,17-18,22H,12-13H2,1-3H3/t17-,18+,22?. The molecular weight excluding hydrogens is 409 g/mol. The van der Waals surface area contributed by atoms with Gasteiger partial charge in [0.1, 0.15) is 0 Å². The average Bonchev–Trinajstić information content (AvgIpc) is 3.28. The Morgan fingerprint density at radius 1 is 1.16 bits per heavy atom. The molecule has 8 heteroatoms. The number of anilines is 1. The van der Waals surface area contributed by atoms with Crippen molar-refractivity contribution in [1.82, 2.24) is 19.4 Å². The maximum Gasteiger partial charge on any atom is 0.255 e. The summed E-state index contributed by atoms with van der Waals surface area (Å²) in [7, 11) is 3.57. The van der Waals surface area contributed by atoms with E-state index in [1.54, 1.807) is 7.05 Å². The lowest BCUT2D eigenvalue weighted by Crippen LogP contribution is -2.38. The van der Waals surface area contributed by atoms with Crippen LogP contribution in [0.25, 0.3) is 11.3 Å². The molecule has 32 heavy (non-hydrogen) atoms. The molecule has 1 aromatic carbocycles. The molecule has 3 heterocycles. The van der Waals surface area contributed by atoms with Crippen molar-refractivity contribution in [3.63, 3.8) is 0 Å². The monoisotopic (exact) mass is 433 g/mol. The molecular formula is C24H24FN5O2. The van der Waals surface area contributed by atoms with Gasteiger partial charge >= 0.3 is 0 Å². The molecule has 2 aliphatic rings. The number of fused-ring (bicyclic) bond motifs is 1. The van der Waals surface area contributed by atoms with Gasteiger partial charge in [-0.2, -0.15) is 0 Å². The molecule has 5 rings (SSSR count). The van der Waals surface area contributed by atoms with Gasteiger partial charge in [-0.25, -0.2) is 9.37 Å². The normalized spacial score (nSPS) is 21.4. The summed E-state index contributed by atoms with van der Waals surface area (Å²) in [5, 5.41) is 0. The third kappa shape index (κ3) is 3.36. The number of hydrogen-bond donors (Lipinski definition) is 0. The molecule has 164 valence electrons. The number of carbonyl (C=O) groups is 1. The molecule has 1 unspecified atom stereocenters. The molecule has 3 atom stereocenters. The Labute approximate surface area is 185 Å². The number of aryl methyl sites for hydroxylation is 1. The fraction of sp³-hybridized carbons (Fsp3) is 0.333. The summed E-state index contributed by atoms with van der Waals surface area (Å²) >= 11 is 0. The van der Waals surface area contributed by atoms with Gasteiger partial charge in [-0.3, -0.25) is 19.1 Å². The van der Waals surface area contributed by atoms with Gasteiger partial charge in [-0.1, -0.05) is 17.7 Å². The SMILES string of the molecule is Cc1ccc(C(=O)N2C[C@@H]3C(N(C)c4nc(-c5ccncc5F)cc(=O)n4C)[C@@H]3C2)cc1. The average molecular weight is 433 g/mol. The minimum Gasteiger partial charge on any atom is -0.342 e. The number of nitrogens with zero attached hydrogens (tertiary/aromatic N) is 5. The van der Waals surface area contributed by atoms with Crippen LogP contribution < -0.4 is 10.5 Å². The lowest BCUT2D eigenvalue weighted by molar-refractivity contribution is 0.0772. The quantitative estimate of drug-likeness (QED) is 0.632. The van der Waals surface area contributed by atoms with E-state index in [1.807, 2.05) is 48.0 Å². The zero-order valence-corrected chi connectivity index (χ0v) is 18.2. The topological polar surface area (TPSA) is 71.3 Å². The number of rotatable bonds is 4. The Morgan fingerprint density at radius 2 is 1.84 bits per heavy atom. The molecule has 0 spiro atoms. The Bertz CT molecular complexity index is 1240. The number of hydrogen-bond acceptors (Lipinski definition) is 5. The molecule has 0 radical (unpaired) electrons. The second-order valence-corrected chi connectivity index (χ2v) is 8.70. The van der Waals surface area contributed by atoms with Crippen LogP contribution in [0, 0.1) is 24.6 Å². The van der Waals surface area contributed by atoms with E-state index < -0.39 is 5.82 Å². The Hall–Kier alpha value is -3.55. The molecule has 2 aromatic heterocycles. The first-order valence-electron chi connectivity index (χ1n) is 10.6. The number of halogens is 1. The molecule has 0 bridgehead atoms. The molecule has 7 nitrogen and oxygen atoms in total. The van der Waals surface area contributed by atoms with E-state index in [0.717, 1.165) is 11.8 Å². The first-order valence-corrected chi connectivity index (χ1v) is 10.6. The maximum absolute atomic E-state index is 14.2. The second-order valence-electron chi connectivity index (χ2n) is 8.70. The minimum absolute atomic E-state index is 0.0549. The molecule has 1 aliphatic carbocycles. The lowest BCUT2D eigenvalue weighted by Gasteiger charge is -2.26. The summed E-state index contributed by atoms with van der Waals surface area (Å²) in [6, 6.07) is 10.7. The number of amides is 1. The highest BCUT2D eigenvalue weighted by molar-refractivity contribution is 5.94. The van der Waals surface area contributed by atoms with Crippen molar-refractivity contribution in [2.45, 2.75) is 13.0 Å². The van der Waals surface area contributed by atoms with E-state index in [2.05, 4.69) is 9.97 Å². The predicted octanol–water partition coefficient (Wildman–Crippen LogP) is 2.50. The van der Waals surface area contributed by atoms with Crippen LogP contribution in [0.2, 0.25) is 0 Å². The van der Waals surface area contributed by atoms with Gasteiger partial charge in [-0.15, -0.1) is 0 Å². The number of likely N-dealkylation sites (tertiary alicyclic amines) is 1. The van der Waals surface area contributed by atoms with Crippen molar-refractivity contribution in [2.24, 2.45) is 18.9 Å². The van der Waals surface area contributed by atoms with E-state index in [0.29, 0.717) is 36.4 Å². The third-order valence-corrected chi connectivity index (χ3v) is 6.66. The van der Waals surface area contributed by atoms with Gasteiger partial charge in [0.15, 0.2) is 5.82 Å². The van der Waals surface area contributed by atoms with Gasteiger partial charge in [0, 0.05) is 68.5 Å². The van der Waals surface area contributed by atoms with Crippen LogP contribution in [-0.2, 0) is 7.05 Å². The third-order valence-electron chi connectivity index (χ3n) is 6.66. The Kier molecular flexibility index (Phi) is 4.80. The molecule has 2 fully saturated rings. The largest absolute Gasteiger partial charge is 0.342 e. The summed E-state index contributed by atoms with van der Waals surface area (Å²) in [5.41, 5.74) is 2.11. The number of piperidine rings is 1. The summed E-state index contributed by atoms with van der Waals surface area (Å²) in [6.45, 7) is 3.36. The first-order chi connectivity index (χ1) is 15.3. The molecule has 0 N–H and O–H groups in total. The predicted molar refractivity (Wildman–Crippen MR) is 119 cm³/mol. The van der Waals surface area contributed by atoms with Crippen LogP contribution in [0.3, 0.4) is 0 Å². The fourth-order valence-electron chi connectivity index (χ4n) is 4.81. The summed E-state index contributed by atoms with van der Waals surface area (Å²) < 4.78 is 15.7. The van der Waals surface area contributed by atoms with E-state index in [4.69, 9.17) is 0 Å². The number of carbonyl (C=O) groups excluding carboxylic acids is 1. The number of aromatic nitrogens is 3. The van der Waals surface area contributed by atoms with E-state index in [1.165, 1.54) is 22.9 Å². The van der Waals surface area contributed by atoms with Gasteiger partial charge in [0.2, 0.25) is 5.95 Å². The Morgan fingerprint density at radius 3 is 2.50 bits per heavy atom. The molecule has 1 saturated carbocycles. The number of pyridine rings is 1. The van der Waals surface area contributed by atoms with Crippen molar-refractivity contribution in [1.29, 1.82) is 0 Å². The van der Waals surface area contributed by atoms with Crippen molar-refractivity contribution in [3.8, 4) is 11.3 Å². The van der Waals surface area contributed by atoms with E-state index >= 15 is 0 Å². The molecule has 1 aliphatic heterocycles. The van der Waals surface area contributed by atoms with Gasteiger partial charge < -0.3 is 9.80 Å². The van der Waals surface area contributed by atoms with E-state index in [9.17, 15) is 14.0 Å². The molecule has 3 aromatic rings. The summed E-state index contributed by atoms with van der Waals surface area (Å²) in [4.78, 5) is 37.6. The van der Waals surface area contributed by atoms with Crippen LogP contribution in [0.4, 0.5) is 10.3 Å². The second kappa shape index (κ2) is 7.55. The fourth-order valence-corrected chi connectivity index (χ4v) is 4.81. The highest BCUT2D eigenvalue weighted by atomic mass is 19.1. The zero-order chi connectivity index (χ0) is 22.6. The highest BCUT2D eigenvalue weighted by Gasteiger charge is 2.59. The van der Waals surface area contributed by atoms with Crippen LogP contribution in [0.5, 0.6) is 0 Å². The van der Waals surface area contributed by atoms with Crippen LogP contribution in [0.15, 0.2) is 53.6 Å². The lowest BCUT2D eigenvalue weighted by atomic mass is 10.1. The van der Waals surface area contributed by atoms with Gasteiger partial charge in [0.05, 0.1) is 11.9 Å².